The number of allylic oxidation sites excluding steroid dienone is 3. The van der Waals surface area contributed by atoms with Crippen LogP contribution in [0.15, 0.2) is 46.9 Å². The maximum atomic E-state index is 13.1. The number of hydrogen-bond donors (Lipinski definition) is 1. The van der Waals surface area contributed by atoms with Gasteiger partial charge >= 0.3 is 0 Å². The fraction of sp³-hybridized carbons (Fsp3) is 0.400. The zero-order chi connectivity index (χ0) is 19.2. The van der Waals surface area contributed by atoms with E-state index in [2.05, 4.69) is 19.9 Å². The van der Waals surface area contributed by atoms with Crippen LogP contribution in [0, 0.1) is 16.7 Å². The van der Waals surface area contributed by atoms with E-state index in [4.69, 9.17) is 17.3 Å². The van der Waals surface area contributed by atoms with Gasteiger partial charge in [0.15, 0.2) is 5.78 Å². The average Bonchev–Trinajstić information content (AvgIpc) is 2.52. The predicted molar refractivity (Wildman–Crippen MR) is 102 cm³/mol. The first-order valence-electron chi connectivity index (χ1n) is 8.55. The zero-order valence-electron chi connectivity index (χ0n) is 15.5. The normalized spacial score (nSPS) is 22.6. The lowest BCUT2D eigenvalue weighted by atomic mass is 9.69. The molecule has 2 N–H and O–H groups in total. The van der Waals surface area contributed by atoms with Crippen LogP contribution >= 0.6 is 11.6 Å². The van der Waals surface area contributed by atoms with Crippen LogP contribution in [-0.2, 0) is 4.79 Å². The SMILES string of the molecule is CN(C)N1C(N)=C(C#N)C(c2cccc(Cl)c2)C2=C1CC(C)(C)CC2=O. The third-order valence-corrected chi connectivity index (χ3v) is 5.17. The number of nitrogens with zero attached hydrogens (tertiary/aromatic N) is 3. The molecule has 2 aliphatic rings. The van der Waals surface area contributed by atoms with Crippen molar-refractivity contribution in [3.05, 3.63) is 57.5 Å². The number of benzene rings is 1. The third kappa shape index (κ3) is 3.00. The number of carbonyl (C=O) groups excluding carboxylic acids is 1. The zero-order valence-corrected chi connectivity index (χ0v) is 16.3. The van der Waals surface area contributed by atoms with Gasteiger partial charge < -0.3 is 5.73 Å². The molecule has 5 nitrogen and oxygen atoms in total. The van der Waals surface area contributed by atoms with Gasteiger partial charge in [0, 0.05) is 36.8 Å². The molecule has 6 heteroatoms. The van der Waals surface area contributed by atoms with Crippen LogP contribution in [0.3, 0.4) is 0 Å². The van der Waals surface area contributed by atoms with E-state index in [1.165, 1.54) is 0 Å². The molecule has 0 bridgehead atoms. The number of rotatable bonds is 2. The monoisotopic (exact) mass is 370 g/mol. The number of halogens is 1. The Morgan fingerprint density at radius 3 is 2.62 bits per heavy atom. The molecule has 1 aliphatic carbocycles. The lowest BCUT2D eigenvalue weighted by Crippen LogP contribution is -2.47. The number of ketones is 1. The molecule has 0 saturated heterocycles. The highest BCUT2D eigenvalue weighted by atomic mass is 35.5. The summed E-state index contributed by atoms with van der Waals surface area (Å²) in [5.74, 6) is -0.0476. The quantitative estimate of drug-likeness (QED) is 0.861. The van der Waals surface area contributed by atoms with Gasteiger partial charge in [0.25, 0.3) is 0 Å². The van der Waals surface area contributed by atoms with Crippen molar-refractivity contribution in [2.75, 3.05) is 14.1 Å². The van der Waals surface area contributed by atoms with E-state index < -0.39 is 5.92 Å². The lowest BCUT2D eigenvalue weighted by Gasteiger charge is -2.45. The van der Waals surface area contributed by atoms with Crippen molar-refractivity contribution < 1.29 is 4.79 Å². The lowest BCUT2D eigenvalue weighted by molar-refractivity contribution is -0.119. The number of nitrogens with two attached hydrogens (primary N) is 1. The molecule has 3 rings (SSSR count). The summed E-state index contributed by atoms with van der Waals surface area (Å²) in [4.78, 5) is 13.1. The first-order chi connectivity index (χ1) is 12.2. The van der Waals surface area contributed by atoms with Crippen LogP contribution in [0.4, 0.5) is 0 Å². The standard InChI is InChI=1S/C20H23ClN4O/c1-20(2)9-15-18(16(26)10-20)17(12-6-5-7-13(21)8-12)14(11-22)19(23)25(15)24(3)4/h5-8,17H,9-10,23H2,1-4H3. The van der Waals surface area contributed by atoms with E-state index in [9.17, 15) is 10.1 Å². The van der Waals surface area contributed by atoms with Crippen molar-refractivity contribution in [3.63, 3.8) is 0 Å². The Kier molecular flexibility index (Phi) is 4.60. The van der Waals surface area contributed by atoms with Gasteiger partial charge in [-0.3, -0.25) is 9.80 Å². The molecule has 0 saturated carbocycles. The molecule has 1 heterocycles. The molecule has 26 heavy (non-hydrogen) atoms. The number of hydrogen-bond acceptors (Lipinski definition) is 5. The Bertz CT molecular complexity index is 876. The van der Waals surface area contributed by atoms with E-state index in [0.717, 1.165) is 11.3 Å². The maximum Gasteiger partial charge on any atom is 0.162 e. The smallest absolute Gasteiger partial charge is 0.162 e. The second-order valence-corrected chi connectivity index (χ2v) is 8.30. The van der Waals surface area contributed by atoms with E-state index in [0.29, 0.717) is 34.8 Å². The predicted octanol–water partition coefficient (Wildman–Crippen LogP) is 3.55. The van der Waals surface area contributed by atoms with Crippen LogP contribution in [0.25, 0.3) is 0 Å². The molecule has 0 spiro atoms. The van der Waals surface area contributed by atoms with Gasteiger partial charge in [-0.2, -0.15) is 5.26 Å². The number of Topliss-reactive ketones (excluding diaryl/α,β-unsaturated/α-hetero) is 1. The van der Waals surface area contributed by atoms with Crippen LogP contribution in [0.1, 0.15) is 38.2 Å². The third-order valence-electron chi connectivity index (χ3n) is 4.94. The first kappa shape index (κ1) is 18.5. The molecular formula is C20H23ClN4O. The molecule has 0 aromatic heterocycles. The minimum Gasteiger partial charge on any atom is -0.383 e. The summed E-state index contributed by atoms with van der Waals surface area (Å²) in [5.41, 5.74) is 8.97. The summed E-state index contributed by atoms with van der Waals surface area (Å²) in [6.45, 7) is 4.16. The van der Waals surface area contributed by atoms with Crippen molar-refractivity contribution in [1.29, 1.82) is 5.26 Å². The molecule has 1 unspecified atom stereocenters. The van der Waals surface area contributed by atoms with Crippen molar-refractivity contribution in [2.45, 2.75) is 32.6 Å². The van der Waals surface area contributed by atoms with Crippen molar-refractivity contribution in [2.24, 2.45) is 11.1 Å². The summed E-state index contributed by atoms with van der Waals surface area (Å²) < 4.78 is 0. The minimum absolute atomic E-state index is 0.0633. The van der Waals surface area contributed by atoms with Crippen LogP contribution in [0.2, 0.25) is 5.02 Å². The van der Waals surface area contributed by atoms with Gasteiger partial charge in [-0.15, -0.1) is 0 Å². The van der Waals surface area contributed by atoms with E-state index in [1.54, 1.807) is 17.1 Å². The van der Waals surface area contributed by atoms with Crippen molar-refractivity contribution in [1.82, 2.24) is 10.0 Å². The van der Waals surface area contributed by atoms with Gasteiger partial charge in [-0.1, -0.05) is 37.6 Å². The number of nitriles is 1. The first-order valence-corrected chi connectivity index (χ1v) is 8.93. The summed E-state index contributed by atoms with van der Waals surface area (Å²) >= 11 is 6.18. The molecule has 0 fully saturated rings. The Balaban J connectivity index is 2.30. The second kappa shape index (κ2) is 6.46. The van der Waals surface area contributed by atoms with Crippen molar-refractivity contribution in [3.8, 4) is 6.07 Å². The molecular weight excluding hydrogens is 348 g/mol. The summed E-state index contributed by atoms with van der Waals surface area (Å²) in [5, 5.41) is 14.0. The molecule has 1 aliphatic heterocycles. The number of carbonyl (C=O) groups is 1. The maximum absolute atomic E-state index is 13.1. The van der Waals surface area contributed by atoms with Gasteiger partial charge in [0.05, 0.1) is 17.6 Å². The highest BCUT2D eigenvalue weighted by Crippen LogP contribution is 2.49. The van der Waals surface area contributed by atoms with E-state index in [-0.39, 0.29) is 11.2 Å². The summed E-state index contributed by atoms with van der Waals surface area (Å²) in [7, 11) is 3.72. The Morgan fingerprint density at radius 1 is 1.35 bits per heavy atom. The second-order valence-electron chi connectivity index (χ2n) is 7.86. The van der Waals surface area contributed by atoms with Crippen LogP contribution in [-0.4, -0.2) is 29.9 Å². The highest BCUT2D eigenvalue weighted by Gasteiger charge is 2.44. The van der Waals surface area contributed by atoms with Crippen LogP contribution < -0.4 is 5.73 Å². The molecule has 136 valence electrons. The molecule has 0 radical (unpaired) electrons. The van der Waals surface area contributed by atoms with E-state index >= 15 is 0 Å². The minimum atomic E-state index is -0.478. The average molecular weight is 371 g/mol. The fourth-order valence-corrected chi connectivity index (χ4v) is 4.17. The highest BCUT2D eigenvalue weighted by molar-refractivity contribution is 6.30. The largest absolute Gasteiger partial charge is 0.383 e. The Morgan fingerprint density at radius 2 is 2.04 bits per heavy atom. The van der Waals surface area contributed by atoms with Crippen LogP contribution in [0.5, 0.6) is 0 Å². The van der Waals surface area contributed by atoms with Gasteiger partial charge in [0.2, 0.25) is 0 Å². The molecule has 1 aromatic rings. The van der Waals surface area contributed by atoms with Gasteiger partial charge in [-0.05, 0) is 29.5 Å². The fourth-order valence-electron chi connectivity index (χ4n) is 3.97. The topological polar surface area (TPSA) is 73.4 Å². The van der Waals surface area contributed by atoms with E-state index in [1.807, 2.05) is 31.2 Å². The van der Waals surface area contributed by atoms with Crippen molar-refractivity contribution >= 4 is 17.4 Å². The Labute approximate surface area is 159 Å². The van der Waals surface area contributed by atoms with Gasteiger partial charge in [-0.25, -0.2) is 5.01 Å². The molecule has 1 aromatic carbocycles. The summed E-state index contributed by atoms with van der Waals surface area (Å²) in [6.07, 6.45) is 1.16. The summed E-state index contributed by atoms with van der Waals surface area (Å²) in [6, 6.07) is 9.55. The van der Waals surface area contributed by atoms with Gasteiger partial charge in [0.1, 0.15) is 5.82 Å². The molecule has 1 atom stereocenters. The Hall–Kier alpha value is -2.29. The number of hydrazine groups is 1. The molecule has 0 amide bonds.